The van der Waals surface area contributed by atoms with Gasteiger partial charge in [0.2, 0.25) is 0 Å². The van der Waals surface area contributed by atoms with Gasteiger partial charge >= 0.3 is 0 Å². The smallest absolute Gasteiger partial charge is 0.272 e. The van der Waals surface area contributed by atoms with Crippen molar-refractivity contribution in [1.82, 2.24) is 14.5 Å². The molecular formula is C25H30N4O2. The second kappa shape index (κ2) is 8.92. The topological polar surface area (TPSA) is 58.4 Å². The van der Waals surface area contributed by atoms with Gasteiger partial charge in [-0.25, -0.2) is 4.98 Å². The fourth-order valence-corrected chi connectivity index (χ4v) is 4.35. The number of piperidine rings is 1. The third kappa shape index (κ3) is 4.33. The van der Waals surface area contributed by atoms with Gasteiger partial charge < -0.3 is 14.4 Å². The van der Waals surface area contributed by atoms with Crippen molar-refractivity contribution in [3.63, 3.8) is 0 Å². The highest BCUT2D eigenvalue weighted by atomic mass is 16.2. The zero-order valence-electron chi connectivity index (χ0n) is 18.6. The summed E-state index contributed by atoms with van der Waals surface area (Å²) in [6.07, 6.45) is 3.84. The molecule has 1 saturated heterocycles. The molecule has 0 radical (unpaired) electrons. The van der Waals surface area contributed by atoms with Crippen molar-refractivity contribution in [2.75, 3.05) is 25.0 Å². The van der Waals surface area contributed by atoms with E-state index in [1.54, 1.807) is 28.5 Å². The predicted molar refractivity (Wildman–Crippen MR) is 125 cm³/mol. The van der Waals surface area contributed by atoms with Crippen molar-refractivity contribution in [3.05, 3.63) is 69.6 Å². The second-order valence-corrected chi connectivity index (χ2v) is 8.33. The van der Waals surface area contributed by atoms with Crippen LogP contribution in [0.1, 0.15) is 47.8 Å². The Labute approximate surface area is 183 Å². The molecule has 1 aliphatic rings. The molecule has 0 spiro atoms. The molecule has 0 N–H and O–H groups in total. The number of aromatic nitrogens is 2. The van der Waals surface area contributed by atoms with Crippen LogP contribution in [0.15, 0.2) is 47.3 Å². The van der Waals surface area contributed by atoms with Crippen LogP contribution in [0.2, 0.25) is 0 Å². The van der Waals surface area contributed by atoms with Gasteiger partial charge in [-0.3, -0.25) is 9.59 Å². The van der Waals surface area contributed by atoms with E-state index in [1.165, 1.54) is 24.9 Å². The average molecular weight is 419 g/mol. The first-order valence-corrected chi connectivity index (χ1v) is 11.1. The van der Waals surface area contributed by atoms with Crippen LogP contribution in [0.4, 0.5) is 5.69 Å². The van der Waals surface area contributed by atoms with E-state index in [9.17, 15) is 9.59 Å². The van der Waals surface area contributed by atoms with Crippen LogP contribution in [-0.4, -0.2) is 40.5 Å². The van der Waals surface area contributed by atoms with E-state index < -0.39 is 0 Å². The molecule has 0 bridgehead atoms. The van der Waals surface area contributed by atoms with Gasteiger partial charge in [0.1, 0.15) is 5.69 Å². The third-order valence-corrected chi connectivity index (χ3v) is 6.10. The summed E-state index contributed by atoms with van der Waals surface area (Å²) in [4.78, 5) is 33.9. The van der Waals surface area contributed by atoms with Crippen molar-refractivity contribution < 1.29 is 4.79 Å². The minimum atomic E-state index is -0.0841. The van der Waals surface area contributed by atoms with Gasteiger partial charge in [0.25, 0.3) is 11.5 Å². The number of anilines is 1. The lowest BCUT2D eigenvalue weighted by atomic mass is 10.1. The molecule has 0 saturated carbocycles. The average Bonchev–Trinajstić information content (AvgIpc) is 2.80. The highest BCUT2D eigenvalue weighted by Crippen LogP contribution is 2.21. The molecule has 4 rings (SSSR count). The monoisotopic (exact) mass is 418 g/mol. The first-order valence-electron chi connectivity index (χ1n) is 11.1. The fourth-order valence-electron chi connectivity index (χ4n) is 4.35. The molecule has 0 aliphatic carbocycles. The van der Waals surface area contributed by atoms with Gasteiger partial charge in [-0.15, -0.1) is 0 Å². The Morgan fingerprint density at radius 2 is 1.77 bits per heavy atom. The number of benzene rings is 2. The Kier molecular flexibility index (Phi) is 6.07. The Bertz CT molecular complexity index is 1140. The maximum Gasteiger partial charge on any atom is 0.272 e. The van der Waals surface area contributed by atoms with Crippen LogP contribution in [0, 0.1) is 6.92 Å². The standard InChI is InChI=1S/C25H30N4O2/c1-4-29-23-13-10-20(16-22(23)26-18(2)24(29)30)25(31)27(3)17-19-8-11-21(12-9-19)28-14-6-5-7-15-28/h8-13,16H,4-7,14-15,17H2,1-3H3. The molecule has 1 aliphatic heterocycles. The molecule has 0 atom stereocenters. The SMILES string of the molecule is CCn1c(=O)c(C)nc2cc(C(=O)N(C)Cc3ccc(N4CCCCC4)cc3)ccc21. The fraction of sp³-hybridized carbons (Fsp3) is 0.400. The lowest BCUT2D eigenvalue weighted by molar-refractivity contribution is 0.0785. The molecule has 1 amide bonds. The van der Waals surface area contributed by atoms with Gasteiger partial charge in [-0.1, -0.05) is 12.1 Å². The molecule has 0 unspecified atom stereocenters. The number of amides is 1. The first kappa shape index (κ1) is 21.1. The number of hydrogen-bond acceptors (Lipinski definition) is 4. The number of carbonyl (C=O) groups is 1. The minimum Gasteiger partial charge on any atom is -0.372 e. The predicted octanol–water partition coefficient (Wildman–Crippen LogP) is 3.99. The van der Waals surface area contributed by atoms with E-state index in [4.69, 9.17) is 0 Å². The largest absolute Gasteiger partial charge is 0.372 e. The van der Waals surface area contributed by atoms with Crippen molar-refractivity contribution in [2.24, 2.45) is 0 Å². The van der Waals surface area contributed by atoms with Crippen molar-refractivity contribution >= 4 is 22.6 Å². The van der Waals surface area contributed by atoms with Crippen LogP contribution in [0.5, 0.6) is 0 Å². The van der Waals surface area contributed by atoms with E-state index in [0.717, 1.165) is 24.2 Å². The van der Waals surface area contributed by atoms with Crippen molar-refractivity contribution in [1.29, 1.82) is 0 Å². The number of rotatable bonds is 5. The Hall–Kier alpha value is -3.15. The Balaban J connectivity index is 1.50. The maximum absolute atomic E-state index is 13.0. The Morgan fingerprint density at radius 3 is 2.45 bits per heavy atom. The summed E-state index contributed by atoms with van der Waals surface area (Å²) in [5.41, 5.74) is 4.73. The molecule has 2 aromatic carbocycles. The molecule has 6 heteroatoms. The summed E-state index contributed by atoms with van der Waals surface area (Å²) < 4.78 is 1.69. The summed E-state index contributed by atoms with van der Waals surface area (Å²) in [7, 11) is 1.82. The van der Waals surface area contributed by atoms with Crippen LogP contribution >= 0.6 is 0 Å². The number of fused-ring (bicyclic) bond motifs is 1. The molecular weight excluding hydrogens is 388 g/mol. The summed E-state index contributed by atoms with van der Waals surface area (Å²) in [5, 5.41) is 0. The van der Waals surface area contributed by atoms with Crippen molar-refractivity contribution in [3.8, 4) is 0 Å². The van der Waals surface area contributed by atoms with E-state index >= 15 is 0 Å². The van der Waals surface area contributed by atoms with Gasteiger partial charge in [0.05, 0.1) is 11.0 Å². The third-order valence-electron chi connectivity index (χ3n) is 6.10. The molecule has 2 heterocycles. The van der Waals surface area contributed by atoms with E-state index in [2.05, 4.69) is 34.1 Å². The summed E-state index contributed by atoms with van der Waals surface area (Å²) in [5.74, 6) is -0.0595. The lowest BCUT2D eigenvalue weighted by Crippen LogP contribution is -2.29. The quantitative estimate of drug-likeness (QED) is 0.629. The van der Waals surface area contributed by atoms with Crippen LogP contribution in [0.3, 0.4) is 0 Å². The molecule has 3 aromatic rings. The number of hydrogen-bond donors (Lipinski definition) is 0. The van der Waals surface area contributed by atoms with Gasteiger partial charge in [-0.05, 0) is 69.0 Å². The van der Waals surface area contributed by atoms with Gasteiger partial charge in [0.15, 0.2) is 0 Å². The van der Waals surface area contributed by atoms with Gasteiger partial charge in [-0.2, -0.15) is 0 Å². The van der Waals surface area contributed by atoms with Crippen LogP contribution < -0.4 is 10.5 Å². The van der Waals surface area contributed by atoms with Crippen LogP contribution in [0.25, 0.3) is 11.0 Å². The van der Waals surface area contributed by atoms with Gasteiger partial charge in [0, 0.05) is 44.5 Å². The minimum absolute atomic E-state index is 0.0595. The normalized spacial score (nSPS) is 14.1. The molecule has 1 aromatic heterocycles. The van der Waals surface area contributed by atoms with E-state index in [-0.39, 0.29) is 11.5 Å². The van der Waals surface area contributed by atoms with Crippen molar-refractivity contribution in [2.45, 2.75) is 46.2 Å². The summed E-state index contributed by atoms with van der Waals surface area (Å²) in [6.45, 7) is 7.00. The number of nitrogens with zero attached hydrogens (tertiary/aromatic N) is 4. The lowest BCUT2D eigenvalue weighted by Gasteiger charge is -2.29. The Morgan fingerprint density at radius 1 is 1.06 bits per heavy atom. The molecule has 162 valence electrons. The highest BCUT2D eigenvalue weighted by Gasteiger charge is 2.16. The maximum atomic E-state index is 13.0. The molecule has 1 fully saturated rings. The number of aryl methyl sites for hydroxylation is 2. The second-order valence-electron chi connectivity index (χ2n) is 8.33. The molecule has 31 heavy (non-hydrogen) atoms. The van der Waals surface area contributed by atoms with E-state index in [0.29, 0.717) is 29.9 Å². The zero-order valence-corrected chi connectivity index (χ0v) is 18.6. The summed E-state index contributed by atoms with van der Waals surface area (Å²) in [6, 6.07) is 13.9. The van der Waals surface area contributed by atoms with Crippen LogP contribution in [-0.2, 0) is 13.1 Å². The molecule has 6 nitrogen and oxygen atoms in total. The number of carbonyl (C=O) groups excluding carboxylic acids is 1. The first-order chi connectivity index (χ1) is 15.0. The zero-order chi connectivity index (χ0) is 22.0. The van der Waals surface area contributed by atoms with E-state index in [1.807, 2.05) is 20.0 Å². The highest BCUT2D eigenvalue weighted by molar-refractivity contribution is 5.97. The summed E-state index contributed by atoms with van der Waals surface area (Å²) >= 11 is 0.